The van der Waals surface area contributed by atoms with E-state index in [1.165, 1.54) is 12.8 Å². The molecule has 1 aromatic carbocycles. The maximum atomic E-state index is 10.9. The molecule has 3 rings (SSSR count). The summed E-state index contributed by atoms with van der Waals surface area (Å²) in [4.78, 5) is 2.38. The molecule has 28 heavy (non-hydrogen) atoms. The van der Waals surface area contributed by atoms with Crippen LogP contribution in [0, 0.1) is 5.92 Å². The first-order valence-corrected chi connectivity index (χ1v) is 11.4. The molecule has 154 valence electrons. The summed E-state index contributed by atoms with van der Waals surface area (Å²) in [5.41, 5.74) is 3.75. The molecular weight excluding hydrogens is 366 g/mol. The third-order valence-corrected chi connectivity index (χ3v) is 6.72. The van der Waals surface area contributed by atoms with Crippen LogP contribution < -0.4 is 0 Å². The molecule has 2 aliphatic rings. The minimum Gasteiger partial charge on any atom is -0.507 e. The number of likely N-dealkylation sites (tertiary alicyclic amines) is 1. The van der Waals surface area contributed by atoms with E-state index in [2.05, 4.69) is 75.7 Å². The highest BCUT2D eigenvalue weighted by Gasteiger charge is 2.28. The zero-order chi connectivity index (χ0) is 20.7. The Morgan fingerprint density at radius 2 is 1.50 bits per heavy atom. The van der Waals surface area contributed by atoms with E-state index < -0.39 is 0 Å². The van der Waals surface area contributed by atoms with Gasteiger partial charge in [-0.15, -0.1) is 5.10 Å². The van der Waals surface area contributed by atoms with Crippen molar-refractivity contribution in [2.45, 2.75) is 72.1 Å². The molecule has 1 N–H and O–H groups in total. The van der Waals surface area contributed by atoms with Crippen molar-refractivity contribution in [3.63, 3.8) is 0 Å². The molecule has 2 aliphatic heterocycles. The van der Waals surface area contributed by atoms with Gasteiger partial charge in [-0.2, -0.15) is 5.10 Å². The van der Waals surface area contributed by atoms with Gasteiger partial charge in [-0.05, 0) is 47.3 Å². The Morgan fingerprint density at radius 1 is 0.964 bits per heavy atom. The van der Waals surface area contributed by atoms with E-state index in [1.54, 1.807) is 11.8 Å². The first-order chi connectivity index (χ1) is 13.0. The lowest BCUT2D eigenvalue weighted by Gasteiger charge is -2.33. The number of thioether (sulfide) groups is 1. The average molecular weight is 402 g/mol. The summed E-state index contributed by atoms with van der Waals surface area (Å²) < 4.78 is 0. The summed E-state index contributed by atoms with van der Waals surface area (Å²) in [5, 5.41) is 21.2. The standard InChI is InChI=1S/C23H35N3OS/c1-15-8-10-26(11-9-15)21-25-24-19(14-28-21)16-12-17(22(2,3)4)20(27)18(13-16)23(5,6)7/h12-13,15,27H,8-11,14H2,1-7H3. The SMILES string of the molecule is CC1CCN(C2=NN=C(c3cc(C(C)(C)C)c(O)c(C(C)(C)C)c3)CS2)CC1. The van der Waals surface area contributed by atoms with Crippen LogP contribution in [-0.4, -0.2) is 39.7 Å². The molecular formula is C23H35N3OS. The van der Waals surface area contributed by atoms with Crippen molar-refractivity contribution in [3.8, 4) is 5.75 Å². The summed E-state index contributed by atoms with van der Waals surface area (Å²) in [6.07, 6.45) is 2.47. The van der Waals surface area contributed by atoms with Crippen molar-refractivity contribution in [2.24, 2.45) is 16.1 Å². The van der Waals surface area contributed by atoms with Crippen LogP contribution in [0.5, 0.6) is 5.75 Å². The summed E-state index contributed by atoms with van der Waals surface area (Å²) in [6.45, 7) is 17.3. The zero-order valence-electron chi connectivity index (χ0n) is 18.5. The molecule has 0 atom stereocenters. The van der Waals surface area contributed by atoms with Crippen molar-refractivity contribution < 1.29 is 5.11 Å². The first-order valence-electron chi connectivity index (χ1n) is 10.4. The minimum atomic E-state index is -0.138. The number of aromatic hydroxyl groups is 1. The number of phenols is 1. The Bertz CT molecular complexity index is 756. The van der Waals surface area contributed by atoms with E-state index in [-0.39, 0.29) is 10.8 Å². The number of rotatable bonds is 1. The fourth-order valence-electron chi connectivity index (χ4n) is 3.73. The highest BCUT2D eigenvalue weighted by atomic mass is 32.2. The van der Waals surface area contributed by atoms with Crippen molar-refractivity contribution in [3.05, 3.63) is 28.8 Å². The van der Waals surface area contributed by atoms with Gasteiger partial charge in [-0.1, -0.05) is 60.2 Å². The van der Waals surface area contributed by atoms with E-state index in [0.717, 1.165) is 52.3 Å². The Kier molecular flexibility index (Phi) is 5.86. The smallest absolute Gasteiger partial charge is 0.186 e. The van der Waals surface area contributed by atoms with Crippen LogP contribution in [0.2, 0.25) is 0 Å². The predicted octanol–water partition coefficient (Wildman–Crippen LogP) is 5.53. The van der Waals surface area contributed by atoms with E-state index >= 15 is 0 Å². The van der Waals surface area contributed by atoms with Crippen LogP contribution in [-0.2, 0) is 10.8 Å². The molecule has 0 bridgehead atoms. The number of amidine groups is 1. The van der Waals surface area contributed by atoms with Crippen LogP contribution in [0.1, 0.15) is 78.0 Å². The summed E-state index contributed by atoms with van der Waals surface area (Å²) in [6, 6.07) is 4.21. The van der Waals surface area contributed by atoms with Gasteiger partial charge >= 0.3 is 0 Å². The van der Waals surface area contributed by atoms with Crippen LogP contribution in [0.15, 0.2) is 22.3 Å². The Hall–Kier alpha value is -1.49. The molecule has 4 nitrogen and oxygen atoms in total. The van der Waals surface area contributed by atoms with E-state index in [1.807, 2.05) is 0 Å². The second kappa shape index (κ2) is 7.74. The summed E-state index contributed by atoms with van der Waals surface area (Å²) in [5.74, 6) is 2.05. The van der Waals surface area contributed by atoms with E-state index in [4.69, 9.17) is 0 Å². The van der Waals surface area contributed by atoms with Gasteiger partial charge in [0.15, 0.2) is 5.17 Å². The molecule has 1 saturated heterocycles. The van der Waals surface area contributed by atoms with Gasteiger partial charge in [0.25, 0.3) is 0 Å². The number of piperidine rings is 1. The Morgan fingerprint density at radius 3 is 1.93 bits per heavy atom. The highest BCUT2D eigenvalue weighted by Crippen LogP contribution is 2.40. The zero-order valence-corrected chi connectivity index (χ0v) is 19.3. The topological polar surface area (TPSA) is 48.2 Å². The Labute approximate surface area is 174 Å². The van der Waals surface area contributed by atoms with E-state index in [0.29, 0.717) is 5.75 Å². The Balaban J connectivity index is 1.95. The van der Waals surface area contributed by atoms with Gasteiger partial charge in [0, 0.05) is 30.0 Å². The largest absolute Gasteiger partial charge is 0.507 e. The monoisotopic (exact) mass is 401 g/mol. The molecule has 0 spiro atoms. The predicted molar refractivity (Wildman–Crippen MR) is 122 cm³/mol. The number of hydrogen-bond acceptors (Lipinski definition) is 5. The molecule has 0 saturated carbocycles. The molecule has 0 aliphatic carbocycles. The van der Waals surface area contributed by atoms with Crippen molar-refractivity contribution in [1.82, 2.24) is 4.90 Å². The van der Waals surface area contributed by atoms with Crippen molar-refractivity contribution >= 4 is 22.6 Å². The molecule has 0 radical (unpaired) electrons. The van der Waals surface area contributed by atoms with Crippen LogP contribution in [0.3, 0.4) is 0 Å². The lowest BCUT2D eigenvalue weighted by Crippen LogP contribution is -2.37. The summed E-state index contributed by atoms with van der Waals surface area (Å²) >= 11 is 1.79. The number of hydrogen-bond donors (Lipinski definition) is 1. The normalized spacial score (nSPS) is 19.5. The number of phenolic OH excluding ortho intramolecular Hbond substituents is 1. The minimum absolute atomic E-state index is 0.138. The maximum Gasteiger partial charge on any atom is 0.186 e. The van der Waals surface area contributed by atoms with Crippen LogP contribution in [0.4, 0.5) is 0 Å². The van der Waals surface area contributed by atoms with Gasteiger partial charge in [-0.25, -0.2) is 0 Å². The third kappa shape index (κ3) is 4.56. The lowest BCUT2D eigenvalue weighted by molar-refractivity contribution is 0.284. The third-order valence-electron chi connectivity index (χ3n) is 5.71. The molecule has 0 amide bonds. The molecule has 0 unspecified atom stereocenters. The molecule has 5 heteroatoms. The number of benzene rings is 1. The van der Waals surface area contributed by atoms with Crippen molar-refractivity contribution in [2.75, 3.05) is 18.8 Å². The molecule has 0 aromatic heterocycles. The van der Waals surface area contributed by atoms with Gasteiger partial charge in [0.05, 0.1) is 5.71 Å². The van der Waals surface area contributed by atoms with Gasteiger partial charge < -0.3 is 10.0 Å². The van der Waals surface area contributed by atoms with Gasteiger partial charge in [0.2, 0.25) is 0 Å². The second-order valence-corrected chi connectivity index (χ2v) is 11.2. The van der Waals surface area contributed by atoms with Gasteiger partial charge in [-0.3, -0.25) is 0 Å². The second-order valence-electron chi connectivity index (χ2n) is 10.3. The molecule has 1 aromatic rings. The maximum absolute atomic E-state index is 10.9. The first kappa shape index (κ1) is 21.2. The fraction of sp³-hybridized carbons (Fsp3) is 0.652. The fourth-order valence-corrected chi connectivity index (χ4v) is 4.69. The summed E-state index contributed by atoms with van der Waals surface area (Å²) in [7, 11) is 0. The molecule has 2 heterocycles. The van der Waals surface area contributed by atoms with E-state index in [9.17, 15) is 5.11 Å². The quantitative estimate of drug-likeness (QED) is 0.673. The van der Waals surface area contributed by atoms with Crippen LogP contribution in [0.25, 0.3) is 0 Å². The lowest BCUT2D eigenvalue weighted by atomic mass is 9.78. The molecule has 1 fully saturated rings. The van der Waals surface area contributed by atoms with Gasteiger partial charge in [0.1, 0.15) is 5.75 Å². The van der Waals surface area contributed by atoms with Crippen LogP contribution >= 0.6 is 11.8 Å². The number of nitrogens with zero attached hydrogens (tertiary/aromatic N) is 3. The van der Waals surface area contributed by atoms with Crippen molar-refractivity contribution in [1.29, 1.82) is 0 Å². The highest BCUT2D eigenvalue weighted by molar-refractivity contribution is 8.14. The average Bonchev–Trinajstić information content (AvgIpc) is 2.61.